The Labute approximate surface area is 165 Å². The topological polar surface area (TPSA) is 75.9 Å². The zero-order valence-electron chi connectivity index (χ0n) is 17.7. The molecule has 2 bridgehead atoms. The molecule has 3 aliphatic rings. The van der Waals surface area contributed by atoms with Crippen LogP contribution in [0.25, 0.3) is 11.2 Å². The van der Waals surface area contributed by atoms with Crippen LogP contribution in [0.2, 0.25) is 0 Å². The number of hydrogen-bond donors (Lipinski definition) is 1. The van der Waals surface area contributed by atoms with E-state index in [0.717, 1.165) is 37.9 Å². The number of rotatable bonds is 6. The molecule has 7 heteroatoms. The maximum atomic E-state index is 13.0. The first-order chi connectivity index (χ1) is 13.4. The zero-order chi connectivity index (χ0) is 20.1. The van der Waals surface area contributed by atoms with E-state index in [1.54, 1.807) is 4.57 Å². The highest BCUT2D eigenvalue weighted by molar-refractivity contribution is 5.70. The molecule has 0 amide bonds. The molecule has 28 heavy (non-hydrogen) atoms. The fourth-order valence-corrected chi connectivity index (χ4v) is 5.46. The SMILES string of the molecule is CCCn1c(=O)c2[nH]c(C34CCC(N(C)C)(CC3)CC4)nc2n(CCC)c1=O. The molecule has 0 spiro atoms. The zero-order valence-corrected chi connectivity index (χ0v) is 17.7. The Morgan fingerprint density at radius 2 is 1.54 bits per heavy atom. The summed E-state index contributed by atoms with van der Waals surface area (Å²) < 4.78 is 3.06. The first-order valence-corrected chi connectivity index (χ1v) is 10.8. The molecule has 154 valence electrons. The van der Waals surface area contributed by atoms with Gasteiger partial charge in [0.15, 0.2) is 5.65 Å². The van der Waals surface area contributed by atoms with E-state index in [-0.39, 0.29) is 16.7 Å². The number of aryl methyl sites for hydroxylation is 1. The van der Waals surface area contributed by atoms with E-state index < -0.39 is 0 Å². The van der Waals surface area contributed by atoms with E-state index in [2.05, 4.69) is 24.0 Å². The second kappa shape index (κ2) is 6.87. The molecule has 0 atom stereocenters. The molecule has 2 aromatic heterocycles. The first kappa shape index (κ1) is 19.4. The Kier molecular flexibility index (Phi) is 4.76. The van der Waals surface area contributed by atoms with Crippen LogP contribution in [-0.2, 0) is 18.5 Å². The van der Waals surface area contributed by atoms with Crippen molar-refractivity contribution in [3.05, 3.63) is 26.7 Å². The average Bonchev–Trinajstić information content (AvgIpc) is 3.16. The van der Waals surface area contributed by atoms with Gasteiger partial charge in [0.05, 0.1) is 0 Å². The summed E-state index contributed by atoms with van der Waals surface area (Å²) in [5.41, 5.74) is 0.941. The van der Waals surface area contributed by atoms with Crippen molar-refractivity contribution in [2.45, 2.75) is 89.3 Å². The maximum Gasteiger partial charge on any atom is 0.332 e. The van der Waals surface area contributed by atoms with Crippen LogP contribution in [0.15, 0.2) is 9.59 Å². The summed E-state index contributed by atoms with van der Waals surface area (Å²) >= 11 is 0. The van der Waals surface area contributed by atoms with Crippen molar-refractivity contribution in [3.8, 4) is 0 Å². The predicted octanol–water partition coefficient (Wildman–Crippen LogP) is 2.61. The number of imidazole rings is 1. The molecule has 3 fully saturated rings. The monoisotopic (exact) mass is 387 g/mol. The maximum absolute atomic E-state index is 13.0. The molecular formula is C21H33N5O2. The lowest BCUT2D eigenvalue weighted by molar-refractivity contribution is 0.00155. The van der Waals surface area contributed by atoms with Crippen LogP contribution in [0.4, 0.5) is 0 Å². The van der Waals surface area contributed by atoms with E-state index >= 15 is 0 Å². The van der Waals surface area contributed by atoms with Gasteiger partial charge < -0.3 is 9.88 Å². The number of fused-ring (bicyclic) bond motifs is 4. The van der Waals surface area contributed by atoms with Gasteiger partial charge in [-0.25, -0.2) is 9.78 Å². The van der Waals surface area contributed by atoms with Crippen LogP contribution in [0, 0.1) is 0 Å². The Balaban J connectivity index is 1.83. The van der Waals surface area contributed by atoms with Crippen LogP contribution < -0.4 is 11.2 Å². The highest BCUT2D eigenvalue weighted by atomic mass is 16.2. The van der Waals surface area contributed by atoms with E-state index in [4.69, 9.17) is 4.98 Å². The van der Waals surface area contributed by atoms with Gasteiger partial charge in [0.2, 0.25) is 0 Å². The Bertz CT molecular complexity index is 972. The van der Waals surface area contributed by atoms with Crippen molar-refractivity contribution in [3.63, 3.8) is 0 Å². The number of hydrogen-bond acceptors (Lipinski definition) is 4. The molecule has 1 N–H and O–H groups in total. The average molecular weight is 388 g/mol. The van der Waals surface area contributed by atoms with Crippen molar-refractivity contribution in [1.29, 1.82) is 0 Å². The minimum Gasteiger partial charge on any atom is -0.336 e. The summed E-state index contributed by atoms with van der Waals surface area (Å²) in [5, 5.41) is 0. The molecule has 2 aromatic rings. The van der Waals surface area contributed by atoms with Gasteiger partial charge in [-0.3, -0.25) is 13.9 Å². The molecule has 0 saturated heterocycles. The lowest BCUT2D eigenvalue weighted by atomic mass is 9.56. The van der Waals surface area contributed by atoms with Crippen molar-refractivity contribution in [1.82, 2.24) is 24.0 Å². The van der Waals surface area contributed by atoms with Crippen LogP contribution in [0.3, 0.4) is 0 Å². The summed E-state index contributed by atoms with van der Waals surface area (Å²) in [5.74, 6) is 0.921. The largest absolute Gasteiger partial charge is 0.336 e. The van der Waals surface area contributed by atoms with Gasteiger partial charge >= 0.3 is 5.69 Å². The van der Waals surface area contributed by atoms with Crippen LogP contribution in [0.1, 0.15) is 71.0 Å². The Hall–Kier alpha value is -1.89. The van der Waals surface area contributed by atoms with Crippen LogP contribution >= 0.6 is 0 Å². The molecular weight excluding hydrogens is 354 g/mol. The number of aromatic nitrogens is 4. The Morgan fingerprint density at radius 1 is 0.964 bits per heavy atom. The minimum atomic E-state index is -0.226. The molecule has 3 aliphatic carbocycles. The lowest BCUT2D eigenvalue weighted by Crippen LogP contribution is -2.55. The molecule has 2 heterocycles. The standard InChI is InChI=1S/C21H33N5O2/c1-5-13-25-16-15(17(27)26(14-6-2)19(25)28)22-18(23-16)20-7-10-21(11-8-20,12-9-20)24(3)4/h5-14H2,1-4H3,(H,22,23). The van der Waals surface area contributed by atoms with Crippen molar-refractivity contribution >= 4 is 11.2 Å². The summed E-state index contributed by atoms with van der Waals surface area (Å²) in [6, 6.07) is 0. The quantitative estimate of drug-likeness (QED) is 0.827. The third kappa shape index (κ3) is 2.70. The number of H-pyrrole nitrogens is 1. The van der Waals surface area contributed by atoms with E-state index in [1.165, 1.54) is 23.8 Å². The third-order valence-electron chi connectivity index (χ3n) is 7.41. The highest BCUT2D eigenvalue weighted by Crippen LogP contribution is 2.54. The summed E-state index contributed by atoms with van der Waals surface area (Å²) in [4.78, 5) is 36.6. The van der Waals surface area contributed by atoms with E-state index in [0.29, 0.717) is 29.8 Å². The predicted molar refractivity (Wildman–Crippen MR) is 111 cm³/mol. The smallest absolute Gasteiger partial charge is 0.332 e. The second-order valence-corrected chi connectivity index (χ2v) is 9.07. The highest BCUT2D eigenvalue weighted by Gasteiger charge is 2.51. The van der Waals surface area contributed by atoms with Gasteiger partial charge in [-0.2, -0.15) is 0 Å². The molecule has 7 nitrogen and oxygen atoms in total. The number of nitrogens with one attached hydrogen (secondary N) is 1. The molecule has 5 rings (SSSR count). The normalized spacial score (nSPS) is 27.2. The van der Waals surface area contributed by atoms with E-state index in [9.17, 15) is 9.59 Å². The molecule has 0 radical (unpaired) electrons. The van der Waals surface area contributed by atoms with Gasteiger partial charge in [-0.1, -0.05) is 13.8 Å². The van der Waals surface area contributed by atoms with Gasteiger partial charge in [0.25, 0.3) is 5.56 Å². The number of nitrogens with zero attached hydrogens (tertiary/aromatic N) is 4. The van der Waals surface area contributed by atoms with Crippen molar-refractivity contribution < 1.29 is 0 Å². The molecule has 0 aromatic carbocycles. The van der Waals surface area contributed by atoms with Gasteiger partial charge in [-0.05, 0) is 65.5 Å². The minimum absolute atomic E-state index is 0.0197. The Morgan fingerprint density at radius 3 is 2.07 bits per heavy atom. The summed E-state index contributed by atoms with van der Waals surface area (Å²) in [7, 11) is 4.39. The van der Waals surface area contributed by atoms with Gasteiger partial charge in [0, 0.05) is 24.0 Å². The lowest BCUT2D eigenvalue weighted by Gasteiger charge is -2.55. The fraction of sp³-hybridized carbons (Fsp3) is 0.762. The number of aromatic amines is 1. The molecule has 3 saturated carbocycles. The molecule has 0 aliphatic heterocycles. The van der Waals surface area contributed by atoms with Crippen molar-refractivity contribution in [2.75, 3.05) is 14.1 Å². The van der Waals surface area contributed by atoms with Crippen molar-refractivity contribution in [2.24, 2.45) is 0 Å². The van der Waals surface area contributed by atoms with Crippen LogP contribution in [-0.4, -0.2) is 43.6 Å². The molecule has 0 unspecified atom stereocenters. The summed E-state index contributed by atoms with van der Waals surface area (Å²) in [6.45, 7) is 5.06. The van der Waals surface area contributed by atoms with Gasteiger partial charge in [0.1, 0.15) is 11.3 Å². The van der Waals surface area contributed by atoms with E-state index in [1.807, 2.05) is 13.8 Å². The second-order valence-electron chi connectivity index (χ2n) is 9.07. The fourth-order valence-electron chi connectivity index (χ4n) is 5.46. The van der Waals surface area contributed by atoms with Crippen LogP contribution in [0.5, 0.6) is 0 Å². The summed E-state index contributed by atoms with van der Waals surface area (Å²) in [6.07, 6.45) is 8.35. The third-order valence-corrected chi connectivity index (χ3v) is 7.41. The first-order valence-electron chi connectivity index (χ1n) is 10.8. The van der Waals surface area contributed by atoms with Gasteiger partial charge in [-0.15, -0.1) is 0 Å².